The molecule has 0 saturated carbocycles. The molecule has 0 radical (unpaired) electrons. The third-order valence-corrected chi connectivity index (χ3v) is 3.41. The number of rotatable bonds is 6. The van der Waals surface area contributed by atoms with Gasteiger partial charge in [-0.2, -0.15) is 0 Å². The average Bonchev–Trinajstić information content (AvgIpc) is 2.21. The summed E-state index contributed by atoms with van der Waals surface area (Å²) in [6.07, 6.45) is 1.03. The lowest BCUT2D eigenvalue weighted by Crippen LogP contribution is -2.59. The lowest BCUT2D eigenvalue weighted by molar-refractivity contribution is -0.146. The van der Waals surface area contributed by atoms with Crippen LogP contribution >= 0.6 is 0 Å². The molecule has 100 valence electrons. The molecule has 4 nitrogen and oxygen atoms in total. The lowest BCUT2D eigenvalue weighted by atomic mass is 10.0. The van der Waals surface area contributed by atoms with Crippen LogP contribution in [0, 0.1) is 5.92 Å². The van der Waals surface area contributed by atoms with Crippen LogP contribution in [0.4, 0.5) is 0 Å². The zero-order chi connectivity index (χ0) is 13.1. The van der Waals surface area contributed by atoms with Crippen molar-refractivity contribution in [2.24, 2.45) is 5.92 Å². The van der Waals surface area contributed by atoms with Crippen molar-refractivity contribution >= 4 is 5.91 Å². The van der Waals surface area contributed by atoms with Crippen molar-refractivity contribution in [3.05, 3.63) is 0 Å². The van der Waals surface area contributed by atoms with Gasteiger partial charge in [0.05, 0.1) is 5.60 Å². The van der Waals surface area contributed by atoms with E-state index in [2.05, 4.69) is 26.1 Å². The summed E-state index contributed by atoms with van der Waals surface area (Å²) in [5.74, 6) is 0.681. The first-order valence-electron chi connectivity index (χ1n) is 6.44. The Morgan fingerprint density at radius 2 is 2.00 bits per heavy atom. The zero-order valence-corrected chi connectivity index (χ0v) is 11.7. The second-order valence-electron chi connectivity index (χ2n) is 5.83. The summed E-state index contributed by atoms with van der Waals surface area (Å²) < 4.78 is 5.65. The van der Waals surface area contributed by atoms with Crippen LogP contribution in [0.2, 0.25) is 0 Å². The Hall–Kier alpha value is -0.610. The molecule has 0 aliphatic carbocycles. The molecule has 1 unspecified atom stereocenters. The summed E-state index contributed by atoms with van der Waals surface area (Å²) in [6.45, 7) is 10.3. The SMILES string of the molecule is CC(C)CC(C)N(C)C(=O)COC1(C)CNC1. The van der Waals surface area contributed by atoms with E-state index in [-0.39, 0.29) is 24.2 Å². The van der Waals surface area contributed by atoms with Gasteiger partial charge in [-0.25, -0.2) is 0 Å². The van der Waals surface area contributed by atoms with Gasteiger partial charge in [0.15, 0.2) is 0 Å². The van der Waals surface area contributed by atoms with Gasteiger partial charge in [0.25, 0.3) is 0 Å². The van der Waals surface area contributed by atoms with Gasteiger partial charge in [0.2, 0.25) is 5.91 Å². The van der Waals surface area contributed by atoms with Gasteiger partial charge in [0.1, 0.15) is 6.61 Å². The highest BCUT2D eigenvalue weighted by Crippen LogP contribution is 2.16. The van der Waals surface area contributed by atoms with Crippen LogP contribution in [0.5, 0.6) is 0 Å². The van der Waals surface area contributed by atoms with Gasteiger partial charge in [0, 0.05) is 26.2 Å². The van der Waals surface area contributed by atoms with Gasteiger partial charge in [-0.3, -0.25) is 4.79 Å². The molecular weight excluding hydrogens is 216 g/mol. The smallest absolute Gasteiger partial charge is 0.248 e. The van der Waals surface area contributed by atoms with E-state index in [0.29, 0.717) is 5.92 Å². The summed E-state index contributed by atoms with van der Waals surface area (Å²) in [4.78, 5) is 13.7. The fourth-order valence-electron chi connectivity index (χ4n) is 2.00. The van der Waals surface area contributed by atoms with Crippen molar-refractivity contribution < 1.29 is 9.53 Å². The summed E-state index contributed by atoms with van der Waals surface area (Å²) in [5.41, 5.74) is -0.141. The number of nitrogens with zero attached hydrogens (tertiary/aromatic N) is 1. The predicted octanol–water partition coefficient (Wildman–Crippen LogP) is 1.26. The fourth-order valence-corrected chi connectivity index (χ4v) is 2.00. The molecule has 1 aliphatic heterocycles. The third kappa shape index (κ3) is 4.28. The van der Waals surface area contributed by atoms with Gasteiger partial charge in [-0.05, 0) is 26.2 Å². The molecule has 0 aromatic carbocycles. The van der Waals surface area contributed by atoms with E-state index in [4.69, 9.17) is 4.74 Å². The molecule has 0 aromatic rings. The Balaban J connectivity index is 2.30. The zero-order valence-electron chi connectivity index (χ0n) is 11.7. The molecule has 0 aromatic heterocycles. The molecule has 4 heteroatoms. The molecule has 1 amide bonds. The van der Waals surface area contributed by atoms with Gasteiger partial charge in [-0.15, -0.1) is 0 Å². The van der Waals surface area contributed by atoms with Crippen LogP contribution < -0.4 is 5.32 Å². The van der Waals surface area contributed by atoms with Crippen LogP contribution in [0.15, 0.2) is 0 Å². The molecule has 0 bridgehead atoms. The number of ether oxygens (including phenoxy) is 1. The molecular formula is C13H26N2O2. The standard InChI is InChI=1S/C13H26N2O2/c1-10(2)6-11(3)15(5)12(16)7-17-13(4)8-14-9-13/h10-11,14H,6-9H2,1-5H3. The third-order valence-electron chi connectivity index (χ3n) is 3.41. The first-order chi connectivity index (χ1) is 7.84. The van der Waals surface area contributed by atoms with Gasteiger partial charge >= 0.3 is 0 Å². The number of hydrogen-bond acceptors (Lipinski definition) is 3. The van der Waals surface area contributed by atoms with Gasteiger partial charge < -0.3 is 15.0 Å². The molecule has 1 fully saturated rings. The molecule has 1 N–H and O–H groups in total. The maximum absolute atomic E-state index is 11.9. The Bertz CT molecular complexity index is 262. The van der Waals surface area contributed by atoms with Crippen LogP contribution in [-0.2, 0) is 9.53 Å². The lowest BCUT2D eigenvalue weighted by Gasteiger charge is -2.39. The first kappa shape index (κ1) is 14.5. The minimum Gasteiger partial charge on any atom is -0.363 e. The number of amides is 1. The van der Waals surface area contributed by atoms with Crippen LogP contribution in [-0.4, -0.2) is 49.2 Å². The molecule has 1 rings (SSSR count). The van der Waals surface area contributed by atoms with Crippen LogP contribution in [0.1, 0.15) is 34.1 Å². The minimum absolute atomic E-state index is 0.0753. The second-order valence-corrected chi connectivity index (χ2v) is 5.83. The quantitative estimate of drug-likeness (QED) is 0.762. The molecule has 1 saturated heterocycles. The highest BCUT2D eigenvalue weighted by atomic mass is 16.5. The maximum atomic E-state index is 11.9. The predicted molar refractivity (Wildman–Crippen MR) is 68.9 cm³/mol. The number of nitrogens with one attached hydrogen (secondary N) is 1. The van der Waals surface area contributed by atoms with Crippen molar-refractivity contribution in [3.8, 4) is 0 Å². The van der Waals surface area contributed by atoms with E-state index in [9.17, 15) is 4.79 Å². The van der Waals surface area contributed by atoms with Gasteiger partial charge in [-0.1, -0.05) is 13.8 Å². The van der Waals surface area contributed by atoms with E-state index < -0.39 is 0 Å². The van der Waals surface area contributed by atoms with Crippen molar-refractivity contribution in [3.63, 3.8) is 0 Å². The normalized spacial score (nSPS) is 19.9. The monoisotopic (exact) mass is 242 g/mol. The Labute approximate surface area is 105 Å². The van der Waals surface area contributed by atoms with Crippen molar-refractivity contribution in [1.82, 2.24) is 10.2 Å². The van der Waals surface area contributed by atoms with E-state index in [1.165, 1.54) is 0 Å². The fraction of sp³-hybridized carbons (Fsp3) is 0.923. The summed E-state index contributed by atoms with van der Waals surface area (Å²) in [5, 5.41) is 3.15. The highest BCUT2D eigenvalue weighted by Gasteiger charge is 2.33. The Morgan fingerprint density at radius 1 is 1.41 bits per heavy atom. The first-order valence-corrected chi connectivity index (χ1v) is 6.44. The maximum Gasteiger partial charge on any atom is 0.248 e. The number of hydrogen-bond donors (Lipinski definition) is 1. The van der Waals surface area contributed by atoms with E-state index in [1.807, 2.05) is 14.0 Å². The van der Waals surface area contributed by atoms with Crippen LogP contribution in [0.25, 0.3) is 0 Å². The van der Waals surface area contributed by atoms with Crippen molar-refractivity contribution in [1.29, 1.82) is 0 Å². The average molecular weight is 242 g/mol. The molecule has 17 heavy (non-hydrogen) atoms. The molecule has 1 atom stereocenters. The van der Waals surface area contributed by atoms with E-state index >= 15 is 0 Å². The summed E-state index contributed by atoms with van der Waals surface area (Å²) in [6, 6.07) is 0.276. The largest absolute Gasteiger partial charge is 0.363 e. The van der Waals surface area contributed by atoms with Crippen molar-refractivity contribution in [2.75, 3.05) is 26.7 Å². The summed E-state index contributed by atoms with van der Waals surface area (Å²) in [7, 11) is 1.86. The molecule has 1 aliphatic rings. The van der Waals surface area contributed by atoms with E-state index in [0.717, 1.165) is 19.5 Å². The van der Waals surface area contributed by atoms with Crippen molar-refractivity contribution in [2.45, 2.75) is 45.8 Å². The van der Waals surface area contributed by atoms with E-state index in [1.54, 1.807) is 4.90 Å². The number of likely N-dealkylation sites (N-methyl/N-ethyl adjacent to an activating group) is 1. The Morgan fingerprint density at radius 3 is 2.41 bits per heavy atom. The number of carbonyl (C=O) groups is 1. The second kappa shape index (κ2) is 5.83. The highest BCUT2D eigenvalue weighted by molar-refractivity contribution is 5.77. The number of carbonyl (C=O) groups excluding carboxylic acids is 1. The van der Waals surface area contributed by atoms with Crippen LogP contribution in [0.3, 0.4) is 0 Å². The summed E-state index contributed by atoms with van der Waals surface area (Å²) >= 11 is 0. The minimum atomic E-state index is -0.141. The molecule has 1 heterocycles. The topological polar surface area (TPSA) is 41.6 Å². The Kier molecular flexibility index (Phi) is 4.95. The molecule has 0 spiro atoms.